The number of hydrogen-bond acceptors (Lipinski definition) is 1. The van der Waals surface area contributed by atoms with Crippen LogP contribution in [0, 0.1) is 5.92 Å². The minimum absolute atomic E-state index is 0.0906. The molecule has 0 spiro atoms. The molecule has 0 radical (unpaired) electrons. The quantitative estimate of drug-likeness (QED) is 0.764. The van der Waals surface area contributed by atoms with Crippen molar-refractivity contribution in [2.75, 3.05) is 5.33 Å². The van der Waals surface area contributed by atoms with Gasteiger partial charge in [-0.05, 0) is 19.8 Å². The third-order valence-corrected chi connectivity index (χ3v) is 3.31. The van der Waals surface area contributed by atoms with Crippen LogP contribution < -0.4 is 5.69 Å². The Labute approximate surface area is 92.9 Å². The average molecular weight is 261 g/mol. The van der Waals surface area contributed by atoms with Crippen LogP contribution in [0.4, 0.5) is 0 Å². The van der Waals surface area contributed by atoms with Crippen LogP contribution in [-0.2, 0) is 6.54 Å². The second kappa shape index (κ2) is 4.82. The van der Waals surface area contributed by atoms with Gasteiger partial charge >= 0.3 is 5.69 Å². The van der Waals surface area contributed by atoms with Gasteiger partial charge in [0.2, 0.25) is 0 Å². The van der Waals surface area contributed by atoms with Gasteiger partial charge < -0.3 is 0 Å². The lowest BCUT2D eigenvalue weighted by Crippen LogP contribution is -2.27. The number of halogens is 1. The Morgan fingerprint density at radius 2 is 2.00 bits per heavy atom. The zero-order chi connectivity index (χ0) is 10.7. The summed E-state index contributed by atoms with van der Waals surface area (Å²) in [6.45, 7) is 6.93. The molecule has 1 aromatic rings. The highest BCUT2D eigenvalue weighted by Crippen LogP contribution is 2.04. The summed E-state index contributed by atoms with van der Waals surface area (Å²) in [5.74, 6) is 0.482. The van der Waals surface area contributed by atoms with Crippen molar-refractivity contribution in [3.05, 3.63) is 22.9 Å². The molecule has 4 heteroatoms. The lowest BCUT2D eigenvalue weighted by molar-refractivity contribution is 0.495. The molecule has 0 fully saturated rings. The second-order valence-electron chi connectivity index (χ2n) is 3.99. The van der Waals surface area contributed by atoms with Gasteiger partial charge in [0.15, 0.2) is 0 Å². The molecule has 0 saturated heterocycles. The average Bonchev–Trinajstić information content (AvgIpc) is 2.48. The van der Waals surface area contributed by atoms with E-state index in [1.165, 1.54) is 0 Å². The van der Waals surface area contributed by atoms with Gasteiger partial charge in [-0.15, -0.1) is 0 Å². The molecule has 1 rings (SSSR count). The van der Waals surface area contributed by atoms with E-state index in [0.29, 0.717) is 5.92 Å². The Morgan fingerprint density at radius 3 is 2.43 bits per heavy atom. The van der Waals surface area contributed by atoms with Gasteiger partial charge in [0.25, 0.3) is 0 Å². The third-order valence-electron chi connectivity index (χ3n) is 2.20. The molecular formula is C10H17BrN2O. The zero-order valence-electron chi connectivity index (χ0n) is 8.90. The van der Waals surface area contributed by atoms with Gasteiger partial charge in [0.05, 0.1) is 0 Å². The summed E-state index contributed by atoms with van der Waals surface area (Å²) in [4.78, 5) is 11.8. The predicted molar refractivity (Wildman–Crippen MR) is 62.0 cm³/mol. The van der Waals surface area contributed by atoms with Crippen molar-refractivity contribution in [1.82, 2.24) is 9.13 Å². The molecule has 1 unspecified atom stereocenters. The van der Waals surface area contributed by atoms with Crippen LogP contribution in [-0.4, -0.2) is 14.5 Å². The molecule has 3 nitrogen and oxygen atoms in total. The van der Waals surface area contributed by atoms with Crippen molar-refractivity contribution in [3.63, 3.8) is 0 Å². The normalized spacial score (nSPS) is 13.5. The van der Waals surface area contributed by atoms with Crippen LogP contribution in [0.1, 0.15) is 26.8 Å². The first kappa shape index (κ1) is 11.6. The second-order valence-corrected chi connectivity index (χ2v) is 4.64. The molecule has 0 aliphatic heterocycles. The molecule has 1 aromatic heterocycles. The maximum absolute atomic E-state index is 11.8. The van der Waals surface area contributed by atoms with Crippen molar-refractivity contribution >= 4 is 15.9 Å². The van der Waals surface area contributed by atoms with E-state index in [2.05, 4.69) is 22.9 Å². The first-order valence-corrected chi connectivity index (χ1v) is 6.01. The van der Waals surface area contributed by atoms with E-state index < -0.39 is 0 Å². The van der Waals surface area contributed by atoms with Gasteiger partial charge in [0.1, 0.15) is 0 Å². The number of alkyl halides is 1. The summed E-state index contributed by atoms with van der Waals surface area (Å²) in [6.07, 6.45) is 3.72. The summed E-state index contributed by atoms with van der Waals surface area (Å²) in [7, 11) is 0. The summed E-state index contributed by atoms with van der Waals surface area (Å²) in [6, 6.07) is 0.239. The van der Waals surface area contributed by atoms with Gasteiger partial charge in [-0.2, -0.15) is 0 Å². The molecule has 0 aliphatic rings. The van der Waals surface area contributed by atoms with Crippen LogP contribution >= 0.6 is 15.9 Å². The van der Waals surface area contributed by atoms with E-state index >= 15 is 0 Å². The number of nitrogens with zero attached hydrogens (tertiary/aromatic N) is 2. The summed E-state index contributed by atoms with van der Waals surface area (Å²) in [5, 5.41) is 0.923. The first-order chi connectivity index (χ1) is 6.56. The fourth-order valence-electron chi connectivity index (χ4n) is 1.34. The largest absolute Gasteiger partial charge is 0.328 e. The van der Waals surface area contributed by atoms with E-state index in [9.17, 15) is 4.79 Å². The zero-order valence-corrected chi connectivity index (χ0v) is 10.5. The Bertz CT molecular complexity index is 340. The Kier molecular flexibility index (Phi) is 3.98. The minimum Gasteiger partial charge on any atom is -0.299 e. The SMILES string of the molecule is CC(CBr)Cn1ccn(C(C)C)c1=O. The molecule has 1 atom stereocenters. The Morgan fingerprint density at radius 1 is 1.36 bits per heavy atom. The van der Waals surface area contributed by atoms with Crippen molar-refractivity contribution in [2.45, 2.75) is 33.4 Å². The number of hydrogen-bond donors (Lipinski definition) is 0. The highest BCUT2D eigenvalue weighted by molar-refractivity contribution is 9.09. The van der Waals surface area contributed by atoms with Crippen LogP contribution in [0.5, 0.6) is 0 Å². The van der Waals surface area contributed by atoms with Gasteiger partial charge in [-0.3, -0.25) is 9.13 Å². The Hall–Kier alpha value is -0.510. The van der Waals surface area contributed by atoms with Crippen molar-refractivity contribution in [2.24, 2.45) is 5.92 Å². The van der Waals surface area contributed by atoms with Gasteiger partial charge in [0, 0.05) is 30.3 Å². The fraction of sp³-hybridized carbons (Fsp3) is 0.700. The smallest absolute Gasteiger partial charge is 0.299 e. The highest BCUT2D eigenvalue weighted by atomic mass is 79.9. The highest BCUT2D eigenvalue weighted by Gasteiger charge is 2.08. The summed E-state index contributed by atoms with van der Waals surface area (Å²) < 4.78 is 3.52. The monoisotopic (exact) mass is 260 g/mol. The van der Waals surface area contributed by atoms with E-state index in [0.717, 1.165) is 11.9 Å². The molecular weight excluding hydrogens is 244 g/mol. The standard InChI is InChI=1S/C10H17BrN2O/c1-8(2)13-5-4-12(10(13)14)7-9(3)6-11/h4-5,8-9H,6-7H2,1-3H3. The van der Waals surface area contributed by atoms with E-state index in [-0.39, 0.29) is 11.7 Å². The fourth-order valence-corrected chi connectivity index (χ4v) is 1.55. The molecule has 1 heterocycles. The van der Waals surface area contributed by atoms with Crippen molar-refractivity contribution in [1.29, 1.82) is 0 Å². The summed E-state index contributed by atoms with van der Waals surface area (Å²) in [5.41, 5.74) is 0.0906. The molecule has 0 amide bonds. The number of imidazole rings is 1. The summed E-state index contributed by atoms with van der Waals surface area (Å²) >= 11 is 3.41. The van der Waals surface area contributed by atoms with Crippen LogP contribution in [0.3, 0.4) is 0 Å². The molecule has 0 saturated carbocycles. The van der Waals surface area contributed by atoms with E-state index in [4.69, 9.17) is 0 Å². The lowest BCUT2D eigenvalue weighted by Gasteiger charge is -2.08. The predicted octanol–water partition coefficient (Wildman–Crippen LogP) is 2.26. The molecule has 14 heavy (non-hydrogen) atoms. The molecule has 0 aliphatic carbocycles. The first-order valence-electron chi connectivity index (χ1n) is 4.89. The minimum atomic E-state index is 0.0906. The molecule has 0 bridgehead atoms. The lowest BCUT2D eigenvalue weighted by atomic mass is 10.2. The maximum atomic E-state index is 11.8. The van der Waals surface area contributed by atoms with Crippen molar-refractivity contribution < 1.29 is 0 Å². The van der Waals surface area contributed by atoms with Gasteiger partial charge in [-0.25, -0.2) is 4.79 Å². The van der Waals surface area contributed by atoms with Crippen LogP contribution in [0.2, 0.25) is 0 Å². The third kappa shape index (κ3) is 2.50. The molecule has 80 valence electrons. The maximum Gasteiger partial charge on any atom is 0.328 e. The topological polar surface area (TPSA) is 26.9 Å². The van der Waals surface area contributed by atoms with Crippen LogP contribution in [0.15, 0.2) is 17.2 Å². The molecule has 0 N–H and O–H groups in total. The number of rotatable bonds is 4. The van der Waals surface area contributed by atoms with Crippen LogP contribution in [0.25, 0.3) is 0 Å². The Balaban J connectivity index is 2.85. The molecule has 0 aromatic carbocycles. The van der Waals surface area contributed by atoms with E-state index in [1.807, 2.05) is 26.2 Å². The van der Waals surface area contributed by atoms with Crippen molar-refractivity contribution in [3.8, 4) is 0 Å². The number of aromatic nitrogens is 2. The van der Waals surface area contributed by atoms with Gasteiger partial charge in [-0.1, -0.05) is 22.9 Å². The van der Waals surface area contributed by atoms with E-state index in [1.54, 1.807) is 9.13 Å².